The van der Waals surface area contributed by atoms with Gasteiger partial charge in [0.25, 0.3) is 0 Å². The Hall–Kier alpha value is -1.84. The fraction of sp³-hybridized carbons (Fsp3) is 0.385. The number of esters is 2. The van der Waals surface area contributed by atoms with Gasteiger partial charge in [-0.25, -0.2) is 4.79 Å². The standard InChI is InChI=1S/C13H16O4/c1-8(2)7-10-5-4-6-11(12(10)15)13(16)17-9(3)14/h4-6,8,15H,7H2,1-3H3. The molecule has 1 N–H and O–H groups in total. The number of hydrogen-bond acceptors (Lipinski definition) is 4. The molecule has 0 radical (unpaired) electrons. The molecule has 4 nitrogen and oxygen atoms in total. The van der Waals surface area contributed by atoms with Crippen LogP contribution in [0.15, 0.2) is 18.2 Å². The van der Waals surface area contributed by atoms with Crippen LogP contribution in [-0.2, 0) is 16.0 Å². The van der Waals surface area contributed by atoms with Gasteiger partial charge in [0.2, 0.25) is 0 Å². The van der Waals surface area contributed by atoms with Crippen LogP contribution in [0.5, 0.6) is 5.75 Å². The van der Waals surface area contributed by atoms with Gasteiger partial charge in [-0.15, -0.1) is 0 Å². The first-order valence-electron chi connectivity index (χ1n) is 5.45. The van der Waals surface area contributed by atoms with Crippen LogP contribution in [0, 0.1) is 5.92 Å². The quantitative estimate of drug-likeness (QED) is 0.646. The smallest absolute Gasteiger partial charge is 0.349 e. The van der Waals surface area contributed by atoms with Crippen molar-refractivity contribution in [3.8, 4) is 5.75 Å². The number of ether oxygens (including phenoxy) is 1. The Morgan fingerprint density at radius 3 is 2.53 bits per heavy atom. The first kappa shape index (κ1) is 13.2. The molecule has 0 saturated heterocycles. The van der Waals surface area contributed by atoms with Crippen LogP contribution in [0.1, 0.15) is 36.7 Å². The van der Waals surface area contributed by atoms with Crippen molar-refractivity contribution in [3.05, 3.63) is 29.3 Å². The molecule has 92 valence electrons. The van der Waals surface area contributed by atoms with Crippen molar-refractivity contribution in [2.45, 2.75) is 27.2 Å². The maximum absolute atomic E-state index is 11.5. The summed E-state index contributed by atoms with van der Waals surface area (Å²) in [6, 6.07) is 4.85. The second kappa shape index (κ2) is 5.48. The van der Waals surface area contributed by atoms with Crippen LogP contribution in [-0.4, -0.2) is 17.0 Å². The Labute approximate surface area is 100 Å². The number of carbonyl (C=O) groups is 2. The zero-order valence-corrected chi connectivity index (χ0v) is 10.2. The van der Waals surface area contributed by atoms with E-state index in [0.29, 0.717) is 17.9 Å². The van der Waals surface area contributed by atoms with Gasteiger partial charge in [0.05, 0.1) is 0 Å². The summed E-state index contributed by atoms with van der Waals surface area (Å²) in [5.74, 6) is -1.25. The van der Waals surface area contributed by atoms with Crippen molar-refractivity contribution >= 4 is 11.9 Å². The lowest BCUT2D eigenvalue weighted by Crippen LogP contribution is -2.10. The van der Waals surface area contributed by atoms with Gasteiger partial charge in [0, 0.05) is 6.92 Å². The van der Waals surface area contributed by atoms with Gasteiger partial charge in [-0.2, -0.15) is 0 Å². The fourth-order valence-electron chi connectivity index (χ4n) is 1.55. The molecule has 1 aromatic rings. The number of carbonyl (C=O) groups excluding carboxylic acids is 2. The molecule has 1 rings (SSSR count). The molecular formula is C13H16O4. The molecule has 0 aromatic heterocycles. The van der Waals surface area contributed by atoms with Gasteiger partial charge in [-0.05, 0) is 24.0 Å². The van der Waals surface area contributed by atoms with Crippen molar-refractivity contribution in [1.29, 1.82) is 0 Å². The van der Waals surface area contributed by atoms with Gasteiger partial charge < -0.3 is 9.84 Å². The highest BCUT2D eigenvalue weighted by atomic mass is 16.6. The van der Waals surface area contributed by atoms with E-state index in [-0.39, 0.29) is 11.3 Å². The van der Waals surface area contributed by atoms with Crippen molar-refractivity contribution in [2.24, 2.45) is 5.92 Å². The Morgan fingerprint density at radius 1 is 1.35 bits per heavy atom. The summed E-state index contributed by atoms with van der Waals surface area (Å²) < 4.78 is 4.44. The SMILES string of the molecule is CC(=O)OC(=O)c1cccc(CC(C)C)c1O. The molecule has 0 bridgehead atoms. The molecule has 0 amide bonds. The van der Waals surface area contributed by atoms with Crippen molar-refractivity contribution < 1.29 is 19.4 Å². The molecule has 0 aliphatic heterocycles. The molecule has 0 aliphatic rings. The lowest BCUT2D eigenvalue weighted by Gasteiger charge is -2.10. The normalized spacial score (nSPS) is 10.4. The highest BCUT2D eigenvalue weighted by molar-refractivity contribution is 5.98. The molecule has 0 unspecified atom stereocenters. The van der Waals surface area contributed by atoms with Gasteiger partial charge in [-0.3, -0.25) is 4.79 Å². The first-order chi connectivity index (χ1) is 7.91. The largest absolute Gasteiger partial charge is 0.507 e. The first-order valence-corrected chi connectivity index (χ1v) is 5.45. The number of para-hydroxylation sites is 1. The summed E-state index contributed by atoms with van der Waals surface area (Å²) in [6.45, 7) is 5.17. The minimum atomic E-state index is -0.819. The van der Waals surface area contributed by atoms with Crippen LogP contribution in [0.3, 0.4) is 0 Å². The Kier molecular flexibility index (Phi) is 4.26. The maximum atomic E-state index is 11.5. The molecule has 0 spiro atoms. The monoisotopic (exact) mass is 236 g/mol. The van der Waals surface area contributed by atoms with Crippen LogP contribution in [0.2, 0.25) is 0 Å². The van der Waals surface area contributed by atoms with E-state index in [4.69, 9.17) is 0 Å². The average molecular weight is 236 g/mol. The number of benzene rings is 1. The molecule has 4 heteroatoms. The van der Waals surface area contributed by atoms with Crippen molar-refractivity contribution in [3.63, 3.8) is 0 Å². The summed E-state index contributed by atoms with van der Waals surface area (Å²) in [5, 5.41) is 9.91. The minimum Gasteiger partial charge on any atom is -0.507 e. The molecule has 0 saturated carbocycles. The number of phenols is 1. The zero-order valence-electron chi connectivity index (χ0n) is 10.2. The molecule has 1 aromatic carbocycles. The van der Waals surface area contributed by atoms with E-state index < -0.39 is 11.9 Å². The number of phenolic OH excluding ortho intramolecular Hbond substituents is 1. The molecule has 0 fully saturated rings. The third-order valence-electron chi connectivity index (χ3n) is 2.20. The summed E-state index contributed by atoms with van der Waals surface area (Å²) in [5.41, 5.74) is 0.705. The summed E-state index contributed by atoms with van der Waals surface area (Å²) in [4.78, 5) is 22.2. The van der Waals surface area contributed by atoms with E-state index in [2.05, 4.69) is 4.74 Å². The molecule has 0 aliphatic carbocycles. The summed E-state index contributed by atoms with van der Waals surface area (Å²) in [6.07, 6.45) is 0.660. The van der Waals surface area contributed by atoms with Crippen LogP contribution < -0.4 is 0 Å². The molecule has 0 heterocycles. The van der Waals surface area contributed by atoms with Crippen molar-refractivity contribution in [1.82, 2.24) is 0 Å². The molecule has 0 atom stereocenters. The van der Waals surface area contributed by atoms with Gasteiger partial charge in [0.1, 0.15) is 11.3 Å². The number of rotatable bonds is 3. The van der Waals surface area contributed by atoms with Gasteiger partial charge in [-0.1, -0.05) is 26.0 Å². The molecule has 17 heavy (non-hydrogen) atoms. The summed E-state index contributed by atoms with van der Waals surface area (Å²) in [7, 11) is 0. The highest BCUT2D eigenvalue weighted by Gasteiger charge is 2.17. The van der Waals surface area contributed by atoms with Crippen LogP contribution >= 0.6 is 0 Å². The Morgan fingerprint density at radius 2 is 2.00 bits per heavy atom. The minimum absolute atomic E-state index is 0.0263. The summed E-state index contributed by atoms with van der Waals surface area (Å²) >= 11 is 0. The lowest BCUT2D eigenvalue weighted by molar-refractivity contribution is -0.135. The number of hydrogen-bond donors (Lipinski definition) is 1. The lowest BCUT2D eigenvalue weighted by atomic mass is 9.99. The third kappa shape index (κ3) is 3.59. The van der Waals surface area contributed by atoms with Gasteiger partial charge >= 0.3 is 11.9 Å². The highest BCUT2D eigenvalue weighted by Crippen LogP contribution is 2.25. The van der Waals surface area contributed by atoms with Crippen molar-refractivity contribution in [2.75, 3.05) is 0 Å². The second-order valence-corrected chi connectivity index (χ2v) is 4.29. The third-order valence-corrected chi connectivity index (χ3v) is 2.20. The maximum Gasteiger partial charge on any atom is 0.349 e. The predicted octanol–water partition coefficient (Wildman–Crippen LogP) is 2.29. The van der Waals surface area contributed by atoms with E-state index in [9.17, 15) is 14.7 Å². The topological polar surface area (TPSA) is 63.6 Å². The van der Waals surface area contributed by atoms with E-state index in [1.165, 1.54) is 6.07 Å². The van der Waals surface area contributed by atoms with E-state index in [0.717, 1.165) is 6.92 Å². The van der Waals surface area contributed by atoms with E-state index in [1.807, 2.05) is 13.8 Å². The van der Waals surface area contributed by atoms with Crippen LogP contribution in [0.4, 0.5) is 0 Å². The van der Waals surface area contributed by atoms with Crippen LogP contribution in [0.25, 0.3) is 0 Å². The number of aromatic hydroxyl groups is 1. The molecular weight excluding hydrogens is 220 g/mol. The van der Waals surface area contributed by atoms with Gasteiger partial charge in [0.15, 0.2) is 0 Å². The average Bonchev–Trinajstić information content (AvgIpc) is 2.19. The Bertz CT molecular complexity index is 435. The second-order valence-electron chi connectivity index (χ2n) is 4.29. The van der Waals surface area contributed by atoms with E-state index in [1.54, 1.807) is 12.1 Å². The fourth-order valence-corrected chi connectivity index (χ4v) is 1.55. The zero-order chi connectivity index (χ0) is 13.0. The predicted molar refractivity (Wildman–Crippen MR) is 62.7 cm³/mol. The van der Waals surface area contributed by atoms with E-state index >= 15 is 0 Å². The Balaban J connectivity index is 3.01.